The number of benzene rings is 1. The molecule has 1 amide bonds. The van der Waals surface area contributed by atoms with Crippen LogP contribution in [0.1, 0.15) is 59.8 Å². The molecule has 2 aliphatic heterocycles. The minimum Gasteiger partial charge on any atom is -0.412 e. The average molecular weight is 555 g/mol. The van der Waals surface area contributed by atoms with Gasteiger partial charge in [-0.2, -0.15) is 0 Å². The molecule has 3 aliphatic rings. The first-order chi connectivity index (χ1) is 16.9. The monoisotopic (exact) mass is 553 g/mol. The van der Waals surface area contributed by atoms with Gasteiger partial charge in [-0.05, 0) is 86.9 Å². The molecule has 2 unspecified atom stereocenters. The highest BCUT2D eigenvalue weighted by molar-refractivity contribution is 6.74. The maximum absolute atomic E-state index is 13.4. The van der Waals surface area contributed by atoms with Gasteiger partial charge >= 0.3 is 0 Å². The van der Waals surface area contributed by atoms with E-state index in [1.165, 1.54) is 19.3 Å². The average Bonchev–Trinajstić information content (AvgIpc) is 3.58. The lowest BCUT2D eigenvalue weighted by atomic mass is 9.90. The molecule has 3 fully saturated rings. The molecule has 4 rings (SSSR count). The van der Waals surface area contributed by atoms with Crippen LogP contribution in [0.25, 0.3) is 0 Å². The number of carbonyl (C=O) groups is 1. The second-order valence-electron chi connectivity index (χ2n) is 12.7. The lowest BCUT2D eigenvalue weighted by molar-refractivity contribution is -0.134. The highest BCUT2D eigenvalue weighted by Crippen LogP contribution is 2.56. The van der Waals surface area contributed by atoms with Crippen LogP contribution in [-0.2, 0) is 9.22 Å². The summed E-state index contributed by atoms with van der Waals surface area (Å²) in [6, 6.07) is 5.50. The van der Waals surface area contributed by atoms with Gasteiger partial charge in [-0.1, -0.05) is 50.9 Å². The number of hydrogen-bond donors (Lipinski definition) is 0. The van der Waals surface area contributed by atoms with E-state index in [2.05, 4.69) is 55.5 Å². The molecule has 1 spiro atoms. The number of nitrogens with zero attached hydrogens (tertiary/aromatic N) is 3. The molecule has 1 aliphatic carbocycles. The molecule has 0 N–H and O–H groups in total. The van der Waals surface area contributed by atoms with Gasteiger partial charge in [0, 0.05) is 31.9 Å². The molecule has 1 aromatic rings. The Kier molecular flexibility index (Phi) is 8.44. The van der Waals surface area contributed by atoms with Gasteiger partial charge in [-0.15, -0.1) is 0 Å². The van der Waals surface area contributed by atoms with Crippen molar-refractivity contribution in [3.05, 3.63) is 28.2 Å². The van der Waals surface area contributed by atoms with Crippen LogP contribution >= 0.6 is 23.2 Å². The molecule has 1 saturated carbocycles. The summed E-state index contributed by atoms with van der Waals surface area (Å²) in [5.41, 5.74) is 1.41. The third kappa shape index (κ3) is 5.93. The number of amides is 1. The molecule has 0 radical (unpaired) electrons. The van der Waals surface area contributed by atoms with Crippen LogP contribution in [0.3, 0.4) is 0 Å². The number of carbonyl (C=O) groups excluding carboxylic acids is 1. The Labute approximate surface area is 229 Å². The van der Waals surface area contributed by atoms with Crippen molar-refractivity contribution in [1.29, 1.82) is 0 Å². The first-order valence-electron chi connectivity index (χ1n) is 13.8. The molecule has 202 valence electrons. The lowest BCUT2D eigenvalue weighted by Gasteiger charge is -2.46. The fraction of sp³-hybridized carbons (Fsp3) is 0.750. The van der Waals surface area contributed by atoms with Gasteiger partial charge in [0.15, 0.2) is 8.32 Å². The van der Waals surface area contributed by atoms with Crippen molar-refractivity contribution in [2.75, 3.05) is 44.2 Å². The fourth-order valence-electron chi connectivity index (χ4n) is 5.60. The van der Waals surface area contributed by atoms with Crippen LogP contribution in [0.15, 0.2) is 18.2 Å². The molecule has 5 nitrogen and oxygen atoms in total. The quantitative estimate of drug-likeness (QED) is 0.336. The molecule has 36 heavy (non-hydrogen) atoms. The molecular weight excluding hydrogens is 509 g/mol. The van der Waals surface area contributed by atoms with Crippen LogP contribution in [0.2, 0.25) is 28.2 Å². The second kappa shape index (κ2) is 10.8. The molecule has 8 heteroatoms. The van der Waals surface area contributed by atoms with Crippen LogP contribution in [0.4, 0.5) is 5.69 Å². The number of piperidine rings is 1. The zero-order chi connectivity index (χ0) is 26.3. The van der Waals surface area contributed by atoms with Gasteiger partial charge in [0.2, 0.25) is 5.91 Å². The number of likely N-dealkylation sites (tertiary alicyclic amines) is 1. The summed E-state index contributed by atoms with van der Waals surface area (Å²) in [7, 11) is -1.79. The zero-order valence-electron chi connectivity index (χ0n) is 23.1. The van der Waals surface area contributed by atoms with Crippen LogP contribution in [0, 0.1) is 5.41 Å². The number of halogens is 2. The minimum atomic E-state index is -1.79. The minimum absolute atomic E-state index is 0.150. The van der Waals surface area contributed by atoms with Crippen molar-refractivity contribution in [3.8, 4) is 0 Å². The van der Waals surface area contributed by atoms with Crippen LogP contribution in [-0.4, -0.2) is 75.4 Å². The van der Waals surface area contributed by atoms with Gasteiger partial charge in [0.05, 0.1) is 16.1 Å². The highest BCUT2D eigenvalue weighted by Gasteiger charge is 2.54. The van der Waals surface area contributed by atoms with Crippen molar-refractivity contribution in [3.63, 3.8) is 0 Å². The molecule has 2 saturated heterocycles. The molecule has 2 atom stereocenters. The summed E-state index contributed by atoms with van der Waals surface area (Å²) >= 11 is 12.4. The third-order valence-corrected chi connectivity index (χ3v) is 14.5. The second-order valence-corrected chi connectivity index (χ2v) is 18.2. The van der Waals surface area contributed by atoms with Crippen molar-refractivity contribution in [1.82, 2.24) is 9.80 Å². The summed E-state index contributed by atoms with van der Waals surface area (Å²) in [6.07, 6.45) is 6.07. The normalized spacial score (nSPS) is 25.1. The smallest absolute Gasteiger partial charge is 0.245 e. The summed E-state index contributed by atoms with van der Waals surface area (Å²) in [4.78, 5) is 20.2. The molecule has 1 aromatic carbocycles. The first kappa shape index (κ1) is 28.2. The number of hydrogen-bond acceptors (Lipinski definition) is 4. The molecule has 0 bridgehead atoms. The van der Waals surface area contributed by atoms with E-state index < -0.39 is 8.32 Å². The van der Waals surface area contributed by atoms with E-state index in [4.69, 9.17) is 27.6 Å². The van der Waals surface area contributed by atoms with Crippen molar-refractivity contribution in [2.24, 2.45) is 5.41 Å². The highest BCUT2D eigenvalue weighted by atomic mass is 35.5. The van der Waals surface area contributed by atoms with Crippen molar-refractivity contribution >= 4 is 43.1 Å². The number of piperazine rings is 1. The largest absolute Gasteiger partial charge is 0.412 e. The Morgan fingerprint density at radius 2 is 1.78 bits per heavy atom. The van der Waals surface area contributed by atoms with Gasteiger partial charge in [-0.25, -0.2) is 0 Å². The van der Waals surface area contributed by atoms with E-state index in [1.807, 2.05) is 18.2 Å². The predicted molar refractivity (Wildman–Crippen MR) is 154 cm³/mol. The zero-order valence-corrected chi connectivity index (χ0v) is 25.6. The summed E-state index contributed by atoms with van der Waals surface area (Å²) in [6.45, 7) is 19.5. The standard InChI is InChI=1S/C28H45Cl2N3O2Si/c1-7-24-26(34)32(17-18-33(24)21-9-10-22(29)23(30)19-21)15-8-14-31-16-13-28(11-12-28)25(20-31)35-36(5,6)27(2,3)4/h9-10,19,24-25H,7-8,11-18,20H2,1-6H3. The van der Waals surface area contributed by atoms with E-state index in [0.717, 1.165) is 57.8 Å². The van der Waals surface area contributed by atoms with Gasteiger partial charge in [0.1, 0.15) is 6.04 Å². The van der Waals surface area contributed by atoms with E-state index in [0.29, 0.717) is 21.6 Å². The Morgan fingerprint density at radius 1 is 1.06 bits per heavy atom. The first-order valence-corrected chi connectivity index (χ1v) is 17.4. The number of anilines is 1. The fourth-order valence-corrected chi connectivity index (χ4v) is 7.29. The van der Waals surface area contributed by atoms with E-state index >= 15 is 0 Å². The lowest BCUT2D eigenvalue weighted by Crippen LogP contribution is -2.57. The maximum Gasteiger partial charge on any atom is 0.245 e. The van der Waals surface area contributed by atoms with Crippen molar-refractivity contribution in [2.45, 2.75) is 90.1 Å². The molecule has 2 heterocycles. The predicted octanol–water partition coefficient (Wildman–Crippen LogP) is 6.69. The number of rotatable bonds is 8. The van der Waals surface area contributed by atoms with Crippen molar-refractivity contribution < 1.29 is 9.22 Å². The Morgan fingerprint density at radius 3 is 2.39 bits per heavy atom. The van der Waals surface area contributed by atoms with Gasteiger partial charge in [0.25, 0.3) is 0 Å². The Bertz CT molecular complexity index is 947. The Balaban J connectivity index is 1.30. The molecule has 0 aromatic heterocycles. The van der Waals surface area contributed by atoms with Crippen LogP contribution < -0.4 is 4.90 Å². The van der Waals surface area contributed by atoms with E-state index in [9.17, 15) is 4.79 Å². The Hall–Kier alpha value is -0.793. The summed E-state index contributed by atoms with van der Waals surface area (Å²) < 4.78 is 6.97. The third-order valence-electron chi connectivity index (χ3n) is 9.28. The van der Waals surface area contributed by atoms with Crippen LogP contribution in [0.5, 0.6) is 0 Å². The van der Waals surface area contributed by atoms with Gasteiger partial charge in [-0.3, -0.25) is 4.79 Å². The topological polar surface area (TPSA) is 36.0 Å². The summed E-state index contributed by atoms with van der Waals surface area (Å²) in [5.74, 6) is 0.226. The summed E-state index contributed by atoms with van der Waals surface area (Å²) in [5, 5.41) is 1.31. The van der Waals surface area contributed by atoms with Gasteiger partial charge < -0.3 is 19.1 Å². The SMILES string of the molecule is CCC1C(=O)N(CCCN2CCC3(CC3)C(O[Si](C)(C)C(C)(C)C)C2)CCN1c1ccc(Cl)c(Cl)c1. The van der Waals surface area contributed by atoms with E-state index in [-0.39, 0.29) is 17.0 Å². The van der Waals surface area contributed by atoms with E-state index in [1.54, 1.807) is 0 Å². The molecular formula is C28H45Cl2N3O2Si. The maximum atomic E-state index is 13.4.